The van der Waals surface area contributed by atoms with Gasteiger partial charge in [-0.15, -0.1) is 0 Å². The van der Waals surface area contributed by atoms with Gasteiger partial charge in [0.15, 0.2) is 0 Å². The summed E-state index contributed by atoms with van der Waals surface area (Å²) in [6.07, 6.45) is 3.95. The molecule has 0 aliphatic heterocycles. The average Bonchev–Trinajstić information content (AvgIpc) is 2.49. The Labute approximate surface area is 110 Å². The van der Waals surface area contributed by atoms with Crippen molar-refractivity contribution in [3.8, 4) is 0 Å². The number of hydrogen-bond donors (Lipinski definition) is 0. The van der Waals surface area contributed by atoms with Crippen molar-refractivity contribution in [3.63, 3.8) is 0 Å². The lowest BCUT2D eigenvalue weighted by molar-refractivity contribution is 1.50. The maximum Gasteiger partial charge on any atom is -0.00363 e. The van der Waals surface area contributed by atoms with E-state index in [9.17, 15) is 0 Å². The summed E-state index contributed by atoms with van der Waals surface area (Å²) >= 11 is 0. The van der Waals surface area contributed by atoms with E-state index in [0.29, 0.717) is 0 Å². The Morgan fingerprint density at radius 2 is 1.06 bits per heavy atom. The van der Waals surface area contributed by atoms with Gasteiger partial charge in [0.2, 0.25) is 0 Å². The molecule has 0 radical (unpaired) electrons. The van der Waals surface area contributed by atoms with E-state index in [4.69, 9.17) is 0 Å². The normalized spacial score (nSPS) is 10.0. The van der Waals surface area contributed by atoms with Gasteiger partial charge in [-0.3, -0.25) is 0 Å². The molecule has 2 aromatic rings. The van der Waals surface area contributed by atoms with Crippen molar-refractivity contribution in [2.45, 2.75) is 27.7 Å². The van der Waals surface area contributed by atoms with Gasteiger partial charge in [0.05, 0.1) is 0 Å². The Bertz CT molecular complexity index is 550. The number of hydrogen-bond acceptors (Lipinski definition) is 0. The minimum Gasteiger partial charge on any atom is -0.0696 e. The molecule has 0 heteroatoms. The Balaban J connectivity index is 0.000000371. The Morgan fingerprint density at radius 3 is 1.44 bits per heavy atom. The molecule has 1 aliphatic rings. The molecular formula is C18H20. The molecule has 92 valence electrons. The van der Waals surface area contributed by atoms with E-state index in [1.807, 2.05) is 39.8 Å². The van der Waals surface area contributed by atoms with E-state index in [-0.39, 0.29) is 0 Å². The summed E-state index contributed by atoms with van der Waals surface area (Å²) in [6.45, 7) is 8.00. The highest BCUT2D eigenvalue weighted by molar-refractivity contribution is 5.88. The van der Waals surface area contributed by atoms with Crippen LogP contribution in [-0.2, 0) is 0 Å². The largest absolute Gasteiger partial charge is 0.0696 e. The first-order chi connectivity index (χ1) is 8.93. The second-order valence-corrected chi connectivity index (χ2v) is 3.41. The topological polar surface area (TPSA) is 0 Å². The average molecular weight is 236 g/mol. The summed E-state index contributed by atoms with van der Waals surface area (Å²) in [5.74, 6) is 0. The Hall–Kier alpha value is -2.00. The molecule has 3 rings (SSSR count). The Kier molecular flexibility index (Phi) is 5.74. The molecule has 0 heterocycles. The molecule has 0 fully saturated rings. The van der Waals surface area contributed by atoms with Gasteiger partial charge < -0.3 is 0 Å². The molecule has 0 aromatic heterocycles. The van der Waals surface area contributed by atoms with Gasteiger partial charge in [0.25, 0.3) is 0 Å². The summed E-state index contributed by atoms with van der Waals surface area (Å²) in [7, 11) is 0. The van der Waals surface area contributed by atoms with Crippen LogP contribution < -0.4 is 0 Å². The fourth-order valence-corrected chi connectivity index (χ4v) is 1.76. The van der Waals surface area contributed by atoms with Crippen molar-refractivity contribution < 1.29 is 0 Å². The Morgan fingerprint density at radius 1 is 0.667 bits per heavy atom. The molecule has 0 saturated heterocycles. The first-order valence-corrected chi connectivity index (χ1v) is 6.64. The summed E-state index contributed by atoms with van der Waals surface area (Å²) in [5, 5.41) is 2.55. The number of fused-ring (bicyclic) bond motifs is 2. The second-order valence-electron chi connectivity index (χ2n) is 3.41. The van der Waals surface area contributed by atoms with Crippen LogP contribution in [0.5, 0.6) is 0 Å². The quantitative estimate of drug-likeness (QED) is 0.440. The van der Waals surface area contributed by atoms with Crippen LogP contribution in [0.15, 0.2) is 47.9 Å². The van der Waals surface area contributed by atoms with Crippen LogP contribution in [0.25, 0.3) is 22.9 Å². The first-order valence-electron chi connectivity index (χ1n) is 6.64. The molecular weight excluding hydrogens is 216 g/mol. The van der Waals surface area contributed by atoms with Crippen LogP contribution in [0.2, 0.25) is 0 Å². The molecule has 1 aliphatic carbocycles. The van der Waals surface area contributed by atoms with Crippen molar-refractivity contribution in [1.29, 1.82) is 0 Å². The fraction of sp³-hybridized carbons (Fsp3) is 0.222. The minimum atomic E-state index is 1.22. The van der Waals surface area contributed by atoms with Gasteiger partial charge in [-0.05, 0) is 46.2 Å². The van der Waals surface area contributed by atoms with Gasteiger partial charge >= 0.3 is 0 Å². The standard InChI is InChI=1S/C14H8.2C2H6/c1-2-6-12-10-14-8-4-3-7-13(14)9-11(12)5-1;2*1-2/h1-2,5-10H;2*1-2H3. The van der Waals surface area contributed by atoms with Gasteiger partial charge in [-0.25, -0.2) is 0 Å². The van der Waals surface area contributed by atoms with Crippen molar-refractivity contribution in [3.05, 3.63) is 59.0 Å². The van der Waals surface area contributed by atoms with Gasteiger partial charge in [0.1, 0.15) is 0 Å². The zero-order valence-electron chi connectivity index (χ0n) is 11.6. The lowest BCUT2D eigenvalue weighted by atomic mass is 9.99. The molecule has 0 atom stereocenters. The fourth-order valence-electron chi connectivity index (χ4n) is 1.76. The molecule has 2 aromatic carbocycles. The third kappa shape index (κ3) is 3.02. The van der Waals surface area contributed by atoms with Gasteiger partial charge in [-0.1, -0.05) is 63.4 Å². The lowest BCUT2D eigenvalue weighted by Gasteiger charge is -2.04. The highest BCUT2D eigenvalue weighted by atomic mass is 14.0. The molecule has 0 amide bonds. The predicted octanol–water partition coefficient (Wildman–Crippen LogP) is 5.69. The van der Waals surface area contributed by atoms with E-state index >= 15 is 0 Å². The molecule has 0 saturated carbocycles. The maximum atomic E-state index is 2.98. The highest BCUT2D eigenvalue weighted by Crippen LogP contribution is 2.22. The van der Waals surface area contributed by atoms with Gasteiger partial charge in [-0.2, -0.15) is 0 Å². The predicted molar refractivity (Wildman–Crippen MR) is 82.6 cm³/mol. The van der Waals surface area contributed by atoms with Crippen molar-refractivity contribution in [2.24, 2.45) is 0 Å². The third-order valence-corrected chi connectivity index (χ3v) is 2.49. The van der Waals surface area contributed by atoms with Gasteiger partial charge in [0, 0.05) is 0 Å². The van der Waals surface area contributed by atoms with Crippen LogP contribution in [-0.4, -0.2) is 0 Å². The lowest BCUT2D eigenvalue weighted by Crippen LogP contribution is -1.83. The van der Waals surface area contributed by atoms with Crippen LogP contribution >= 0.6 is 0 Å². The smallest absolute Gasteiger partial charge is 0.00363 e. The van der Waals surface area contributed by atoms with Crippen molar-refractivity contribution >= 4 is 22.9 Å². The minimum absolute atomic E-state index is 1.22. The van der Waals surface area contributed by atoms with E-state index in [1.54, 1.807) is 0 Å². The number of benzene rings is 2. The van der Waals surface area contributed by atoms with Crippen LogP contribution in [0.1, 0.15) is 38.8 Å². The molecule has 0 spiro atoms. The zero-order chi connectivity index (χ0) is 13.4. The third-order valence-electron chi connectivity index (χ3n) is 2.49. The maximum absolute atomic E-state index is 2.98. The zero-order valence-corrected chi connectivity index (χ0v) is 11.6. The van der Waals surface area contributed by atoms with E-state index < -0.39 is 0 Å². The summed E-state index contributed by atoms with van der Waals surface area (Å²) in [6, 6.07) is 12.8. The summed E-state index contributed by atoms with van der Waals surface area (Å²) in [4.78, 5) is 0. The highest BCUT2D eigenvalue weighted by Gasteiger charge is 2.00. The van der Waals surface area contributed by atoms with E-state index in [1.165, 1.54) is 21.9 Å². The molecule has 18 heavy (non-hydrogen) atoms. The molecule has 0 bridgehead atoms. The molecule has 0 nitrogen and oxygen atoms in total. The first kappa shape index (κ1) is 14.1. The SMILES string of the molecule is C1=C=Cc2cc3ccccc3cc2C=1.CC.CC. The van der Waals surface area contributed by atoms with Crippen molar-refractivity contribution in [1.82, 2.24) is 0 Å². The van der Waals surface area contributed by atoms with E-state index in [0.717, 1.165) is 0 Å². The molecule has 0 N–H and O–H groups in total. The summed E-state index contributed by atoms with van der Waals surface area (Å²) in [5.41, 5.74) is 8.40. The summed E-state index contributed by atoms with van der Waals surface area (Å²) < 4.78 is 0. The van der Waals surface area contributed by atoms with Crippen LogP contribution in [0.4, 0.5) is 0 Å². The van der Waals surface area contributed by atoms with Crippen LogP contribution in [0.3, 0.4) is 0 Å². The van der Waals surface area contributed by atoms with E-state index in [2.05, 4.69) is 47.9 Å². The second kappa shape index (κ2) is 7.35. The number of rotatable bonds is 0. The molecule has 0 unspecified atom stereocenters. The van der Waals surface area contributed by atoms with Crippen molar-refractivity contribution in [2.75, 3.05) is 0 Å². The van der Waals surface area contributed by atoms with Crippen LogP contribution in [0, 0.1) is 0 Å². The monoisotopic (exact) mass is 236 g/mol.